The molecule has 30 heavy (non-hydrogen) atoms. The molecule has 3 heteroatoms. The molecule has 0 amide bonds. The summed E-state index contributed by atoms with van der Waals surface area (Å²) in [5.74, 6) is 1.47. The van der Waals surface area contributed by atoms with Crippen LogP contribution in [0.25, 0.3) is 6.08 Å². The smallest absolute Gasteiger partial charge is 0.130 e. The van der Waals surface area contributed by atoms with Crippen molar-refractivity contribution >= 4 is 6.08 Å². The molecule has 1 N–H and O–H groups in total. The zero-order valence-electron chi connectivity index (χ0n) is 17.9. The van der Waals surface area contributed by atoms with Gasteiger partial charge in [-0.1, -0.05) is 93.6 Å². The molecule has 0 saturated heterocycles. The van der Waals surface area contributed by atoms with Gasteiger partial charge in [0, 0.05) is 11.6 Å². The van der Waals surface area contributed by atoms with E-state index in [1.54, 1.807) is 0 Å². The predicted octanol–water partition coefficient (Wildman–Crippen LogP) is 6.26. The first kappa shape index (κ1) is 21.7. The highest BCUT2D eigenvalue weighted by molar-refractivity contribution is 5.59. The van der Waals surface area contributed by atoms with E-state index in [1.165, 1.54) is 0 Å². The molecule has 0 bridgehead atoms. The molecular weight excluding hydrogens is 372 g/mol. The fourth-order valence-electron chi connectivity index (χ4n) is 2.83. The van der Waals surface area contributed by atoms with Crippen LogP contribution in [0.4, 0.5) is 0 Å². The molecule has 3 rings (SSSR count). The summed E-state index contributed by atoms with van der Waals surface area (Å²) < 4.78 is 12.1. The highest BCUT2D eigenvalue weighted by Crippen LogP contribution is 2.29. The molecule has 3 aromatic carbocycles. The van der Waals surface area contributed by atoms with Crippen molar-refractivity contribution < 1.29 is 14.6 Å². The van der Waals surface area contributed by atoms with E-state index in [-0.39, 0.29) is 5.41 Å². The standard InChI is InChI=1S/C27H30O3/c1-27(2,3)26(28)17-15-23-14-16-24(29-19-21-10-6-4-7-11-21)18-25(23)30-20-22-12-8-5-9-13-22/h4-18,26,28H,19-20H2,1-3H3/b17-15+. The first-order valence-corrected chi connectivity index (χ1v) is 10.3. The highest BCUT2D eigenvalue weighted by atomic mass is 16.5. The summed E-state index contributed by atoms with van der Waals surface area (Å²) in [6, 6.07) is 25.9. The number of benzene rings is 3. The molecule has 0 heterocycles. The number of rotatable bonds is 8. The summed E-state index contributed by atoms with van der Waals surface area (Å²) in [4.78, 5) is 0. The Morgan fingerprint density at radius 1 is 0.800 bits per heavy atom. The summed E-state index contributed by atoms with van der Waals surface area (Å²) in [6.07, 6.45) is 3.18. The van der Waals surface area contributed by atoms with Crippen LogP contribution in [-0.4, -0.2) is 11.2 Å². The molecule has 3 aromatic rings. The lowest BCUT2D eigenvalue weighted by Crippen LogP contribution is -2.23. The minimum atomic E-state index is -0.548. The molecule has 0 saturated carbocycles. The number of aliphatic hydroxyl groups excluding tert-OH is 1. The molecule has 0 fully saturated rings. The van der Waals surface area contributed by atoms with Gasteiger partial charge in [0.05, 0.1) is 6.10 Å². The van der Waals surface area contributed by atoms with Crippen LogP contribution in [0.15, 0.2) is 84.9 Å². The number of ether oxygens (including phenoxy) is 2. The van der Waals surface area contributed by atoms with Gasteiger partial charge in [0.15, 0.2) is 0 Å². The van der Waals surface area contributed by atoms with E-state index >= 15 is 0 Å². The summed E-state index contributed by atoms with van der Waals surface area (Å²) in [7, 11) is 0. The fraction of sp³-hybridized carbons (Fsp3) is 0.259. The summed E-state index contributed by atoms with van der Waals surface area (Å²) in [5, 5.41) is 10.4. The Balaban J connectivity index is 1.78. The Kier molecular flexibility index (Phi) is 7.31. The third-order valence-electron chi connectivity index (χ3n) is 4.82. The normalized spacial score (nSPS) is 12.7. The maximum atomic E-state index is 10.4. The van der Waals surface area contributed by atoms with E-state index < -0.39 is 6.10 Å². The van der Waals surface area contributed by atoms with Crippen LogP contribution in [0.5, 0.6) is 11.5 Å². The first-order chi connectivity index (χ1) is 14.4. The lowest BCUT2D eigenvalue weighted by Gasteiger charge is -2.22. The second-order valence-electron chi connectivity index (χ2n) is 8.42. The van der Waals surface area contributed by atoms with Crippen molar-refractivity contribution in [2.75, 3.05) is 0 Å². The summed E-state index contributed by atoms with van der Waals surface area (Å²) in [5.41, 5.74) is 2.89. The maximum absolute atomic E-state index is 10.4. The monoisotopic (exact) mass is 402 g/mol. The van der Waals surface area contributed by atoms with Crippen molar-refractivity contribution in [2.45, 2.75) is 40.1 Å². The van der Waals surface area contributed by atoms with Crippen molar-refractivity contribution in [3.05, 3.63) is 102 Å². The third-order valence-corrected chi connectivity index (χ3v) is 4.82. The Morgan fingerprint density at radius 3 is 1.93 bits per heavy atom. The van der Waals surface area contributed by atoms with Crippen LogP contribution in [-0.2, 0) is 13.2 Å². The molecule has 0 aliphatic carbocycles. The zero-order valence-corrected chi connectivity index (χ0v) is 17.9. The average Bonchev–Trinajstić information content (AvgIpc) is 2.76. The van der Waals surface area contributed by atoms with Gasteiger partial charge >= 0.3 is 0 Å². The lowest BCUT2D eigenvalue weighted by molar-refractivity contribution is 0.106. The molecule has 0 spiro atoms. The minimum Gasteiger partial charge on any atom is -0.489 e. The van der Waals surface area contributed by atoms with E-state index in [9.17, 15) is 5.11 Å². The van der Waals surface area contributed by atoms with Crippen LogP contribution >= 0.6 is 0 Å². The van der Waals surface area contributed by atoms with Gasteiger partial charge in [-0.15, -0.1) is 0 Å². The van der Waals surface area contributed by atoms with E-state index in [2.05, 4.69) is 0 Å². The van der Waals surface area contributed by atoms with Gasteiger partial charge < -0.3 is 14.6 Å². The number of aliphatic hydroxyl groups is 1. The molecule has 156 valence electrons. The fourth-order valence-corrected chi connectivity index (χ4v) is 2.83. The van der Waals surface area contributed by atoms with Crippen LogP contribution < -0.4 is 9.47 Å². The molecular formula is C27H30O3. The van der Waals surface area contributed by atoms with Gasteiger partial charge in [-0.3, -0.25) is 0 Å². The number of hydrogen-bond acceptors (Lipinski definition) is 3. The van der Waals surface area contributed by atoms with Crippen molar-refractivity contribution in [3.63, 3.8) is 0 Å². The van der Waals surface area contributed by atoms with Crippen LogP contribution in [0, 0.1) is 5.41 Å². The Morgan fingerprint density at radius 2 is 1.37 bits per heavy atom. The zero-order chi connectivity index (χ0) is 21.4. The van der Waals surface area contributed by atoms with E-state index in [0.717, 1.165) is 28.2 Å². The molecule has 3 nitrogen and oxygen atoms in total. The van der Waals surface area contributed by atoms with Crippen LogP contribution in [0.3, 0.4) is 0 Å². The van der Waals surface area contributed by atoms with Crippen molar-refractivity contribution in [2.24, 2.45) is 5.41 Å². The molecule has 0 radical (unpaired) electrons. The second kappa shape index (κ2) is 10.1. The minimum absolute atomic E-state index is 0.222. The summed E-state index contributed by atoms with van der Waals surface area (Å²) in [6.45, 7) is 6.99. The van der Waals surface area contributed by atoms with E-state index in [0.29, 0.717) is 13.2 Å². The predicted molar refractivity (Wildman–Crippen MR) is 122 cm³/mol. The van der Waals surface area contributed by atoms with Crippen molar-refractivity contribution in [1.82, 2.24) is 0 Å². The quantitative estimate of drug-likeness (QED) is 0.483. The average molecular weight is 403 g/mol. The van der Waals surface area contributed by atoms with Crippen molar-refractivity contribution in [3.8, 4) is 11.5 Å². The Labute approximate surface area is 179 Å². The Bertz CT molecular complexity index is 941. The van der Waals surface area contributed by atoms with Crippen LogP contribution in [0.1, 0.15) is 37.5 Å². The molecule has 0 aromatic heterocycles. The molecule has 1 unspecified atom stereocenters. The SMILES string of the molecule is CC(C)(C)C(O)/C=C/c1ccc(OCc2ccccc2)cc1OCc1ccccc1. The Hall–Kier alpha value is -3.04. The molecule has 1 atom stereocenters. The van der Waals surface area contributed by atoms with Gasteiger partial charge in [-0.25, -0.2) is 0 Å². The maximum Gasteiger partial charge on any atom is 0.130 e. The van der Waals surface area contributed by atoms with Crippen molar-refractivity contribution in [1.29, 1.82) is 0 Å². The second-order valence-corrected chi connectivity index (χ2v) is 8.42. The van der Waals surface area contributed by atoms with Crippen LogP contribution in [0.2, 0.25) is 0 Å². The molecule has 0 aliphatic rings. The third kappa shape index (κ3) is 6.50. The molecule has 0 aliphatic heterocycles. The largest absolute Gasteiger partial charge is 0.489 e. The van der Waals surface area contributed by atoms with E-state index in [4.69, 9.17) is 9.47 Å². The first-order valence-electron chi connectivity index (χ1n) is 10.3. The highest BCUT2D eigenvalue weighted by Gasteiger charge is 2.19. The number of hydrogen-bond donors (Lipinski definition) is 1. The van der Waals surface area contributed by atoms with Gasteiger partial charge in [-0.05, 0) is 28.7 Å². The van der Waals surface area contributed by atoms with Gasteiger partial charge in [0.1, 0.15) is 24.7 Å². The van der Waals surface area contributed by atoms with Gasteiger partial charge in [-0.2, -0.15) is 0 Å². The lowest BCUT2D eigenvalue weighted by atomic mass is 9.88. The topological polar surface area (TPSA) is 38.7 Å². The van der Waals surface area contributed by atoms with Gasteiger partial charge in [0.25, 0.3) is 0 Å². The van der Waals surface area contributed by atoms with Gasteiger partial charge in [0.2, 0.25) is 0 Å². The summed E-state index contributed by atoms with van der Waals surface area (Å²) >= 11 is 0. The van der Waals surface area contributed by atoms with E-state index in [1.807, 2.05) is 112 Å².